The van der Waals surface area contributed by atoms with Crippen LogP contribution in [-0.4, -0.2) is 86.6 Å². The number of nitrogens with zero attached hydrogens (tertiary/aromatic N) is 3. The maximum atomic E-state index is 15.5. The molecule has 5 atom stereocenters. The molecular weight excluding hydrogens is 603 g/mol. The quantitative estimate of drug-likeness (QED) is 0.316. The minimum atomic E-state index is -1.41. The van der Waals surface area contributed by atoms with E-state index in [0.29, 0.717) is 13.0 Å². The number of β-lactam (4-membered cyclic amide) rings is 1. The van der Waals surface area contributed by atoms with Crippen molar-refractivity contribution in [2.24, 2.45) is 11.8 Å². The SMILES string of the molecule is C[C@H](O)[C@H]1C(=O)N2C(C(=O)O)=C(COC(=O)NC3CCN(c4c(F)cc5c(=O)c(C(=O)O)cn(C6CC6)c5c4Cl)C3)[C@@H](C)[C@@H]12. The lowest BCUT2D eigenvalue weighted by Crippen LogP contribution is -2.63. The minimum absolute atomic E-state index is 0.0257. The van der Waals surface area contributed by atoms with Crippen LogP contribution in [0.2, 0.25) is 5.02 Å². The van der Waals surface area contributed by atoms with E-state index < -0.39 is 70.8 Å². The number of carbonyl (C=O) groups is 4. The molecular formula is C29H30ClFN4O9. The number of aliphatic hydroxyl groups excluding tert-OH is 1. The van der Waals surface area contributed by atoms with E-state index in [1.807, 2.05) is 0 Å². The van der Waals surface area contributed by atoms with Crippen LogP contribution in [0.5, 0.6) is 0 Å². The van der Waals surface area contributed by atoms with Crippen molar-refractivity contribution in [1.82, 2.24) is 14.8 Å². The number of benzene rings is 1. The fourth-order valence-corrected chi connectivity index (χ4v) is 7.19. The first-order valence-electron chi connectivity index (χ1n) is 14.3. The number of carboxylic acid groups (broad SMARTS) is 2. The lowest BCUT2D eigenvalue weighted by atomic mass is 9.78. The summed E-state index contributed by atoms with van der Waals surface area (Å²) in [7, 11) is 0. The number of aromatic nitrogens is 1. The number of alkyl carbamates (subject to hydrolysis) is 1. The first-order valence-corrected chi connectivity index (χ1v) is 14.6. The van der Waals surface area contributed by atoms with Crippen molar-refractivity contribution in [2.45, 2.75) is 57.3 Å². The van der Waals surface area contributed by atoms with Gasteiger partial charge in [0.2, 0.25) is 11.3 Å². The second-order valence-electron chi connectivity index (χ2n) is 11.8. The number of aromatic carboxylic acids is 1. The summed E-state index contributed by atoms with van der Waals surface area (Å²) >= 11 is 6.71. The Hall–Kier alpha value is -4.17. The summed E-state index contributed by atoms with van der Waals surface area (Å²) in [5.41, 5.74) is -0.981. The molecule has 6 rings (SSSR count). The Morgan fingerprint density at radius 1 is 1.18 bits per heavy atom. The van der Waals surface area contributed by atoms with Gasteiger partial charge in [0.15, 0.2) is 0 Å². The number of halogens is 2. The Bertz CT molecular complexity index is 1720. The van der Waals surface area contributed by atoms with E-state index in [-0.39, 0.29) is 52.1 Å². The minimum Gasteiger partial charge on any atom is -0.477 e. The lowest BCUT2D eigenvalue weighted by molar-refractivity contribution is -0.163. The number of ether oxygens (including phenoxy) is 1. The molecule has 2 amide bonds. The molecule has 4 heterocycles. The summed E-state index contributed by atoms with van der Waals surface area (Å²) in [6.45, 7) is 3.27. The summed E-state index contributed by atoms with van der Waals surface area (Å²) in [6, 6.07) is -0.0701. The van der Waals surface area contributed by atoms with E-state index >= 15 is 4.39 Å². The normalized spacial score (nSPS) is 25.2. The highest BCUT2D eigenvalue weighted by atomic mass is 35.5. The fraction of sp³-hybridized carbons (Fsp3) is 0.483. The number of anilines is 1. The van der Waals surface area contributed by atoms with Gasteiger partial charge in [-0.05, 0) is 32.3 Å². The molecule has 2 aromatic rings. The molecule has 0 radical (unpaired) electrons. The summed E-state index contributed by atoms with van der Waals surface area (Å²) < 4.78 is 22.4. The molecule has 1 aromatic heterocycles. The molecule has 15 heteroatoms. The van der Waals surface area contributed by atoms with E-state index in [1.54, 1.807) is 16.4 Å². The van der Waals surface area contributed by atoms with Gasteiger partial charge in [-0.3, -0.25) is 9.59 Å². The van der Waals surface area contributed by atoms with E-state index in [1.165, 1.54) is 13.1 Å². The zero-order valence-corrected chi connectivity index (χ0v) is 24.5. The molecule has 13 nitrogen and oxygen atoms in total. The van der Waals surface area contributed by atoms with Gasteiger partial charge in [0.25, 0.3) is 0 Å². The van der Waals surface area contributed by atoms with Crippen LogP contribution in [0.3, 0.4) is 0 Å². The fourth-order valence-electron chi connectivity index (χ4n) is 6.78. The lowest BCUT2D eigenvalue weighted by Gasteiger charge is -2.46. The van der Waals surface area contributed by atoms with Crippen LogP contribution in [0.25, 0.3) is 10.9 Å². The number of carbonyl (C=O) groups excluding carboxylic acids is 2. The molecule has 3 aliphatic heterocycles. The number of aliphatic carboxylic acids is 1. The molecule has 1 unspecified atom stereocenters. The Labute approximate surface area is 254 Å². The van der Waals surface area contributed by atoms with Crippen LogP contribution in [0.15, 0.2) is 28.3 Å². The number of pyridine rings is 1. The molecule has 0 bridgehead atoms. The largest absolute Gasteiger partial charge is 0.477 e. The van der Waals surface area contributed by atoms with E-state index in [4.69, 9.17) is 16.3 Å². The Morgan fingerprint density at radius 3 is 2.50 bits per heavy atom. The van der Waals surface area contributed by atoms with E-state index in [9.17, 15) is 39.3 Å². The number of fused-ring (bicyclic) bond motifs is 2. The zero-order valence-electron chi connectivity index (χ0n) is 23.8. The smallest absolute Gasteiger partial charge is 0.407 e. The maximum Gasteiger partial charge on any atom is 0.407 e. The van der Waals surface area contributed by atoms with Gasteiger partial charge in [-0.25, -0.2) is 18.8 Å². The van der Waals surface area contributed by atoms with Crippen molar-refractivity contribution in [3.8, 4) is 0 Å². The summed E-state index contributed by atoms with van der Waals surface area (Å²) in [6.07, 6.45) is 1.38. The number of hydrogen-bond acceptors (Lipinski definition) is 8. The average molecular weight is 633 g/mol. The number of hydrogen-bond donors (Lipinski definition) is 4. The molecule has 44 heavy (non-hydrogen) atoms. The molecule has 1 saturated carbocycles. The third kappa shape index (κ3) is 4.67. The second-order valence-corrected chi connectivity index (χ2v) is 12.2. The number of nitrogens with one attached hydrogen (secondary N) is 1. The number of rotatable bonds is 8. The maximum absolute atomic E-state index is 15.5. The molecule has 1 aromatic carbocycles. The van der Waals surface area contributed by atoms with Gasteiger partial charge < -0.3 is 39.7 Å². The highest BCUT2D eigenvalue weighted by Gasteiger charge is 2.60. The van der Waals surface area contributed by atoms with Crippen LogP contribution in [-0.2, 0) is 14.3 Å². The van der Waals surface area contributed by atoms with Crippen molar-refractivity contribution < 1.29 is 43.6 Å². The van der Waals surface area contributed by atoms with Crippen LogP contribution < -0.4 is 15.6 Å². The standard InChI is InChI=1S/C29H30ClFN4O9/c1-11-17(23(28(41)42)35-21(11)19(12(2)36)26(35)38)10-44-29(43)32-13-5-6-33(8-13)24-18(31)7-15-22(20(24)30)34(14-3-4-14)9-16(25(15)37)27(39)40/h7,9,11-14,19,21,36H,3-6,8,10H2,1-2H3,(H,32,43)(H,39,40)(H,41,42)/t11-,12+,13?,19-,21+/m1/s1. The summed E-state index contributed by atoms with van der Waals surface area (Å²) in [5.74, 6) is -5.22. The van der Waals surface area contributed by atoms with Gasteiger partial charge in [-0.2, -0.15) is 0 Å². The molecule has 3 fully saturated rings. The van der Waals surface area contributed by atoms with Crippen LogP contribution >= 0.6 is 11.6 Å². The average Bonchev–Trinajstić information content (AvgIpc) is 3.63. The third-order valence-corrected chi connectivity index (χ3v) is 9.42. The van der Waals surface area contributed by atoms with Crippen molar-refractivity contribution in [3.63, 3.8) is 0 Å². The van der Waals surface area contributed by atoms with Gasteiger partial charge in [-0.15, -0.1) is 0 Å². The summed E-state index contributed by atoms with van der Waals surface area (Å²) in [4.78, 5) is 64.5. The predicted octanol–water partition coefficient (Wildman–Crippen LogP) is 2.33. The number of carboxylic acids is 2. The second kappa shape index (κ2) is 10.8. The third-order valence-electron chi connectivity index (χ3n) is 9.06. The van der Waals surface area contributed by atoms with Gasteiger partial charge in [0, 0.05) is 36.8 Å². The Kier molecular flexibility index (Phi) is 7.31. The van der Waals surface area contributed by atoms with Crippen molar-refractivity contribution >= 4 is 52.1 Å². The van der Waals surface area contributed by atoms with Crippen LogP contribution in [0.1, 0.15) is 49.5 Å². The monoisotopic (exact) mass is 632 g/mol. The Morgan fingerprint density at radius 2 is 1.89 bits per heavy atom. The molecule has 0 spiro atoms. The Balaban J connectivity index is 1.17. The van der Waals surface area contributed by atoms with Crippen LogP contribution in [0, 0.1) is 17.7 Å². The van der Waals surface area contributed by atoms with Gasteiger partial charge >= 0.3 is 18.0 Å². The number of amides is 2. The highest BCUT2D eigenvalue weighted by molar-refractivity contribution is 6.38. The zero-order chi connectivity index (χ0) is 31.8. The van der Waals surface area contributed by atoms with Gasteiger partial charge in [0.05, 0.1) is 45.7 Å². The van der Waals surface area contributed by atoms with E-state index in [0.717, 1.165) is 23.8 Å². The molecule has 234 valence electrons. The highest BCUT2D eigenvalue weighted by Crippen LogP contribution is 2.47. The van der Waals surface area contributed by atoms with Gasteiger partial charge in [-0.1, -0.05) is 18.5 Å². The summed E-state index contributed by atoms with van der Waals surface area (Å²) in [5, 5.41) is 31.8. The first-order chi connectivity index (χ1) is 20.8. The predicted molar refractivity (Wildman–Crippen MR) is 153 cm³/mol. The van der Waals surface area contributed by atoms with Crippen molar-refractivity contribution in [3.05, 3.63) is 50.2 Å². The topological polar surface area (TPSA) is 179 Å². The van der Waals surface area contributed by atoms with Crippen LogP contribution in [0.4, 0.5) is 14.9 Å². The molecule has 2 saturated heterocycles. The van der Waals surface area contributed by atoms with Crippen molar-refractivity contribution in [2.75, 3.05) is 24.6 Å². The number of aliphatic hydroxyl groups is 1. The van der Waals surface area contributed by atoms with E-state index in [2.05, 4.69) is 5.32 Å². The molecule has 1 aliphatic carbocycles. The first kappa shape index (κ1) is 29.9. The van der Waals surface area contributed by atoms with Gasteiger partial charge in [0.1, 0.15) is 23.7 Å². The van der Waals surface area contributed by atoms with Crippen molar-refractivity contribution in [1.29, 1.82) is 0 Å². The molecule has 4 aliphatic rings. The molecule has 4 N–H and O–H groups in total.